The van der Waals surface area contributed by atoms with E-state index in [9.17, 15) is 19.2 Å². The largest absolute Gasteiger partial charge is 0.468 e. The first-order valence-corrected chi connectivity index (χ1v) is 13.2. The number of hydrogen-bond acceptors (Lipinski definition) is 9. The molecule has 0 fully saturated rings. The second kappa shape index (κ2) is 16.7. The Labute approximate surface area is 220 Å². The molecule has 0 radical (unpaired) electrons. The van der Waals surface area contributed by atoms with Crippen LogP contribution in [0.5, 0.6) is 11.5 Å². The number of ether oxygens (including phenoxy) is 4. The number of esters is 4. The molecule has 2 N–H and O–H groups in total. The van der Waals surface area contributed by atoms with Gasteiger partial charge in [-0.05, 0) is 37.0 Å². The summed E-state index contributed by atoms with van der Waals surface area (Å²) < 4.78 is 21.2. The summed E-state index contributed by atoms with van der Waals surface area (Å²) in [5, 5.41) is 0. The Morgan fingerprint density at radius 1 is 0.919 bits per heavy atom. The molecule has 0 heterocycles. The Balaban J connectivity index is 3.11. The molecule has 208 valence electrons. The zero-order valence-electron chi connectivity index (χ0n) is 22.9. The van der Waals surface area contributed by atoms with Crippen LogP contribution in [0.4, 0.5) is 0 Å². The minimum Gasteiger partial charge on any atom is -0.468 e. The number of carbonyl (C=O) groups excluding carboxylic acids is 4. The molecule has 2 atom stereocenters. The van der Waals surface area contributed by atoms with Gasteiger partial charge in [0.1, 0.15) is 5.54 Å². The fraction of sp³-hybridized carbons (Fsp3) is 0.643. The molecule has 37 heavy (non-hydrogen) atoms. The molecular weight excluding hydrogens is 478 g/mol. The average molecular weight is 522 g/mol. The van der Waals surface area contributed by atoms with Crippen molar-refractivity contribution in [2.75, 3.05) is 13.7 Å². The minimum absolute atomic E-state index is 0.0192. The van der Waals surface area contributed by atoms with E-state index in [0.29, 0.717) is 24.8 Å². The second-order valence-electron chi connectivity index (χ2n) is 9.37. The molecule has 0 aliphatic heterocycles. The molecule has 1 unspecified atom stereocenters. The fourth-order valence-electron chi connectivity index (χ4n) is 3.67. The van der Waals surface area contributed by atoms with Crippen molar-refractivity contribution in [3.8, 4) is 11.5 Å². The van der Waals surface area contributed by atoms with Gasteiger partial charge < -0.3 is 24.7 Å². The normalized spacial score (nSPS) is 13.2. The Morgan fingerprint density at radius 2 is 1.51 bits per heavy atom. The topological polar surface area (TPSA) is 131 Å². The van der Waals surface area contributed by atoms with Gasteiger partial charge in [-0.1, -0.05) is 53.0 Å². The van der Waals surface area contributed by atoms with Gasteiger partial charge in [0.05, 0.1) is 19.6 Å². The van der Waals surface area contributed by atoms with E-state index in [0.717, 1.165) is 19.3 Å². The number of rotatable bonds is 17. The van der Waals surface area contributed by atoms with Crippen LogP contribution in [0.1, 0.15) is 91.0 Å². The number of nitrogens with two attached hydrogens (primary N) is 1. The lowest BCUT2D eigenvalue weighted by Gasteiger charge is -2.27. The first kappa shape index (κ1) is 32.1. The summed E-state index contributed by atoms with van der Waals surface area (Å²) in [6.45, 7) is 7.66. The Kier molecular flexibility index (Phi) is 14.5. The third-order valence-corrected chi connectivity index (χ3v) is 5.95. The van der Waals surface area contributed by atoms with Crippen molar-refractivity contribution >= 4 is 23.9 Å². The van der Waals surface area contributed by atoms with Crippen LogP contribution >= 0.6 is 0 Å². The van der Waals surface area contributed by atoms with E-state index in [4.69, 9.17) is 24.7 Å². The van der Waals surface area contributed by atoms with Gasteiger partial charge in [0, 0.05) is 25.7 Å². The first-order valence-electron chi connectivity index (χ1n) is 13.2. The molecule has 9 nitrogen and oxygen atoms in total. The molecule has 0 aliphatic rings. The van der Waals surface area contributed by atoms with Gasteiger partial charge >= 0.3 is 23.9 Å². The third-order valence-electron chi connectivity index (χ3n) is 5.95. The Bertz CT molecular complexity index is 900. The fourth-order valence-corrected chi connectivity index (χ4v) is 3.67. The van der Waals surface area contributed by atoms with Crippen LogP contribution in [0.15, 0.2) is 18.2 Å². The molecule has 1 rings (SSSR count). The lowest BCUT2D eigenvalue weighted by molar-refractivity contribution is -0.153. The summed E-state index contributed by atoms with van der Waals surface area (Å²) in [4.78, 5) is 49.3. The van der Waals surface area contributed by atoms with Crippen LogP contribution < -0.4 is 15.2 Å². The van der Waals surface area contributed by atoms with E-state index >= 15 is 0 Å². The maximum atomic E-state index is 12.6. The van der Waals surface area contributed by atoms with Crippen LogP contribution in [0, 0.1) is 5.92 Å². The highest BCUT2D eigenvalue weighted by atomic mass is 16.6. The highest BCUT2D eigenvalue weighted by Gasteiger charge is 2.36. The molecule has 0 saturated heterocycles. The van der Waals surface area contributed by atoms with Crippen molar-refractivity contribution in [2.24, 2.45) is 11.7 Å². The van der Waals surface area contributed by atoms with E-state index < -0.39 is 23.4 Å². The molecule has 0 saturated carbocycles. The van der Waals surface area contributed by atoms with Gasteiger partial charge in [-0.3, -0.25) is 19.2 Å². The predicted octanol–water partition coefficient (Wildman–Crippen LogP) is 4.66. The zero-order chi connectivity index (χ0) is 27.8. The molecule has 0 spiro atoms. The summed E-state index contributed by atoms with van der Waals surface area (Å²) in [6, 6.07) is 4.70. The standard InChI is InChI=1S/C28H43NO8/c1-6-9-12-24(30)36-22-15-14-21(18-23(22)37-25(31)13-10-7-2)19-28(29,27(33)34-5)16-17-35-26(32)20(4)11-8-3/h14-15,18,20H,6-13,16-17,19,29H2,1-5H3/t20?,28-/m1/s1. The highest BCUT2D eigenvalue weighted by molar-refractivity contribution is 5.81. The van der Waals surface area contributed by atoms with Crippen LogP contribution in [-0.4, -0.2) is 43.1 Å². The number of unbranched alkanes of at least 4 members (excludes halogenated alkanes) is 2. The number of carbonyl (C=O) groups is 4. The lowest BCUT2D eigenvalue weighted by Crippen LogP contribution is -2.51. The van der Waals surface area contributed by atoms with E-state index in [1.165, 1.54) is 19.2 Å². The Hall–Kier alpha value is -2.94. The van der Waals surface area contributed by atoms with Crippen LogP contribution in [-0.2, 0) is 35.1 Å². The maximum Gasteiger partial charge on any atom is 0.326 e. The number of benzene rings is 1. The van der Waals surface area contributed by atoms with Crippen molar-refractivity contribution < 1.29 is 38.1 Å². The van der Waals surface area contributed by atoms with E-state index in [2.05, 4.69) is 0 Å². The van der Waals surface area contributed by atoms with Crippen LogP contribution in [0.2, 0.25) is 0 Å². The maximum absolute atomic E-state index is 12.6. The molecule has 0 bridgehead atoms. The summed E-state index contributed by atoms with van der Waals surface area (Å²) in [7, 11) is 1.24. The summed E-state index contributed by atoms with van der Waals surface area (Å²) in [5.74, 6) is -1.93. The van der Waals surface area contributed by atoms with E-state index in [1.807, 2.05) is 20.8 Å². The van der Waals surface area contributed by atoms with Gasteiger partial charge in [0.25, 0.3) is 0 Å². The summed E-state index contributed by atoms with van der Waals surface area (Å²) in [5.41, 5.74) is 5.50. The quantitative estimate of drug-likeness (QED) is 0.230. The monoisotopic (exact) mass is 521 g/mol. The molecule has 1 aromatic carbocycles. The molecule has 9 heteroatoms. The van der Waals surface area contributed by atoms with Gasteiger partial charge in [0.15, 0.2) is 11.5 Å². The SMILES string of the molecule is CCCCC(=O)Oc1ccc(C[C@](N)(CCOC(=O)C(C)CCC)C(=O)OC)cc1OC(=O)CCCC. The Morgan fingerprint density at radius 3 is 2.05 bits per heavy atom. The molecular formula is C28H43NO8. The lowest BCUT2D eigenvalue weighted by atomic mass is 9.88. The minimum atomic E-state index is -1.49. The molecule has 0 aliphatic carbocycles. The van der Waals surface area contributed by atoms with Gasteiger partial charge in [-0.2, -0.15) is 0 Å². The van der Waals surface area contributed by atoms with Crippen molar-refractivity contribution in [3.05, 3.63) is 23.8 Å². The first-order chi connectivity index (χ1) is 17.6. The number of methoxy groups -OCH3 is 1. The van der Waals surface area contributed by atoms with Crippen molar-refractivity contribution in [1.82, 2.24) is 0 Å². The van der Waals surface area contributed by atoms with Gasteiger partial charge in [0.2, 0.25) is 0 Å². The predicted molar refractivity (Wildman–Crippen MR) is 139 cm³/mol. The van der Waals surface area contributed by atoms with Gasteiger partial charge in [-0.15, -0.1) is 0 Å². The molecule has 1 aromatic rings. The third kappa shape index (κ3) is 11.3. The average Bonchev–Trinajstić information content (AvgIpc) is 2.87. The number of hydrogen-bond donors (Lipinski definition) is 1. The summed E-state index contributed by atoms with van der Waals surface area (Å²) >= 11 is 0. The van der Waals surface area contributed by atoms with Crippen LogP contribution in [0.3, 0.4) is 0 Å². The van der Waals surface area contributed by atoms with Crippen molar-refractivity contribution in [2.45, 2.75) is 97.4 Å². The molecule has 0 aromatic heterocycles. The van der Waals surface area contributed by atoms with E-state index in [-0.39, 0.29) is 55.7 Å². The highest BCUT2D eigenvalue weighted by Crippen LogP contribution is 2.31. The summed E-state index contributed by atoms with van der Waals surface area (Å²) in [6.07, 6.45) is 5.08. The smallest absolute Gasteiger partial charge is 0.326 e. The van der Waals surface area contributed by atoms with Crippen molar-refractivity contribution in [3.63, 3.8) is 0 Å². The molecule has 0 amide bonds. The second-order valence-corrected chi connectivity index (χ2v) is 9.37. The van der Waals surface area contributed by atoms with E-state index in [1.54, 1.807) is 13.0 Å². The van der Waals surface area contributed by atoms with Crippen molar-refractivity contribution in [1.29, 1.82) is 0 Å². The zero-order valence-corrected chi connectivity index (χ0v) is 22.9. The van der Waals surface area contributed by atoms with Crippen LogP contribution in [0.25, 0.3) is 0 Å². The van der Waals surface area contributed by atoms with Gasteiger partial charge in [-0.25, -0.2) is 0 Å².